The fourth-order valence-electron chi connectivity index (χ4n) is 1.09. The quantitative estimate of drug-likeness (QED) is 0.529. The number of nitrogens with one attached hydrogen (secondary N) is 1. The first-order valence-corrected chi connectivity index (χ1v) is 4.90. The van der Waals surface area contributed by atoms with Gasteiger partial charge in [0, 0.05) is 7.05 Å². The van der Waals surface area contributed by atoms with E-state index in [0.29, 0.717) is 16.3 Å². The second-order valence-electron chi connectivity index (χ2n) is 2.60. The number of thioether (sulfide) groups is 1. The zero-order valence-electron chi connectivity index (χ0n) is 7.24. The lowest BCUT2D eigenvalue weighted by atomic mass is 10.5. The van der Waals surface area contributed by atoms with E-state index < -0.39 is 0 Å². The number of fused-ring (bicyclic) bond motifs is 1. The molecular formula is C7H8N4OS. The normalized spacial score (nSPS) is 10.9. The molecule has 0 aromatic carbocycles. The largest absolute Gasteiger partial charge is 0.318 e. The van der Waals surface area contributed by atoms with Crippen molar-refractivity contribution in [2.75, 3.05) is 6.26 Å². The third kappa shape index (κ3) is 1.23. The Morgan fingerprint density at radius 2 is 2.38 bits per heavy atom. The van der Waals surface area contributed by atoms with E-state index in [9.17, 15) is 4.79 Å². The van der Waals surface area contributed by atoms with Crippen LogP contribution in [-0.4, -0.2) is 25.8 Å². The van der Waals surface area contributed by atoms with Crippen molar-refractivity contribution in [3.63, 3.8) is 0 Å². The maximum absolute atomic E-state index is 11.4. The average molecular weight is 196 g/mol. The molecule has 0 bridgehead atoms. The molecule has 0 atom stereocenters. The Balaban J connectivity index is 2.88. The number of hydrogen-bond acceptors (Lipinski definition) is 4. The highest BCUT2D eigenvalue weighted by Gasteiger charge is 2.06. The lowest BCUT2D eigenvalue weighted by Crippen LogP contribution is -2.09. The first kappa shape index (κ1) is 8.31. The summed E-state index contributed by atoms with van der Waals surface area (Å²) in [6.07, 6.45) is 3.44. The second-order valence-corrected chi connectivity index (χ2v) is 3.40. The minimum atomic E-state index is -0.185. The van der Waals surface area contributed by atoms with Gasteiger partial charge in [0.05, 0.1) is 6.33 Å². The van der Waals surface area contributed by atoms with Crippen LogP contribution in [0.2, 0.25) is 0 Å². The Labute approximate surface area is 78.2 Å². The van der Waals surface area contributed by atoms with E-state index in [1.807, 2.05) is 13.3 Å². The van der Waals surface area contributed by atoms with Crippen LogP contribution in [0.15, 0.2) is 16.3 Å². The number of aryl methyl sites for hydroxylation is 1. The summed E-state index contributed by atoms with van der Waals surface area (Å²) in [5, 5.41) is 0.612. The zero-order valence-corrected chi connectivity index (χ0v) is 8.05. The molecule has 0 saturated carbocycles. The van der Waals surface area contributed by atoms with Gasteiger partial charge in [0.2, 0.25) is 0 Å². The maximum atomic E-state index is 11.4. The van der Waals surface area contributed by atoms with Gasteiger partial charge >= 0.3 is 0 Å². The first-order valence-electron chi connectivity index (χ1n) is 3.67. The van der Waals surface area contributed by atoms with Gasteiger partial charge in [-0.05, 0) is 6.26 Å². The Morgan fingerprint density at radius 3 is 3.08 bits per heavy atom. The minimum Gasteiger partial charge on any atom is -0.318 e. The molecule has 2 heterocycles. The molecular weight excluding hydrogens is 188 g/mol. The lowest BCUT2D eigenvalue weighted by molar-refractivity contribution is 0.895. The van der Waals surface area contributed by atoms with E-state index in [2.05, 4.69) is 15.0 Å². The molecule has 0 unspecified atom stereocenters. The molecule has 2 rings (SSSR count). The number of rotatable bonds is 1. The molecule has 0 aliphatic heterocycles. The van der Waals surface area contributed by atoms with Gasteiger partial charge in [-0.3, -0.25) is 9.78 Å². The van der Waals surface area contributed by atoms with Gasteiger partial charge in [0.25, 0.3) is 5.56 Å². The van der Waals surface area contributed by atoms with Crippen LogP contribution >= 0.6 is 11.8 Å². The molecule has 2 aromatic heterocycles. The van der Waals surface area contributed by atoms with Crippen LogP contribution in [0.3, 0.4) is 0 Å². The molecule has 0 fully saturated rings. The summed E-state index contributed by atoms with van der Waals surface area (Å²) in [5.74, 6) is 0. The van der Waals surface area contributed by atoms with Gasteiger partial charge in [-0.2, -0.15) is 0 Å². The zero-order chi connectivity index (χ0) is 9.42. The number of imidazole rings is 1. The van der Waals surface area contributed by atoms with E-state index >= 15 is 0 Å². The fraction of sp³-hybridized carbons (Fsp3) is 0.286. The molecule has 68 valence electrons. The number of H-pyrrole nitrogens is 1. The van der Waals surface area contributed by atoms with Crippen LogP contribution < -0.4 is 5.56 Å². The monoisotopic (exact) mass is 196 g/mol. The van der Waals surface area contributed by atoms with E-state index in [1.54, 1.807) is 10.9 Å². The number of nitrogens with zero attached hydrogens (tertiary/aromatic N) is 3. The summed E-state index contributed by atoms with van der Waals surface area (Å²) in [4.78, 5) is 22.2. The average Bonchev–Trinajstić information content (AvgIpc) is 2.48. The molecule has 0 amide bonds. The molecule has 0 radical (unpaired) electrons. The Hall–Kier alpha value is -1.30. The molecule has 0 saturated heterocycles. The van der Waals surface area contributed by atoms with Gasteiger partial charge < -0.3 is 4.57 Å². The van der Waals surface area contributed by atoms with Crippen molar-refractivity contribution in [1.29, 1.82) is 0 Å². The molecule has 0 aliphatic rings. The van der Waals surface area contributed by atoms with Gasteiger partial charge in [-0.25, -0.2) is 9.97 Å². The van der Waals surface area contributed by atoms with Crippen molar-refractivity contribution >= 4 is 22.9 Å². The van der Waals surface area contributed by atoms with Gasteiger partial charge in [-0.15, -0.1) is 0 Å². The smallest absolute Gasteiger partial charge is 0.279 e. The Bertz CT molecular complexity index is 501. The SMILES string of the molecule is CSc1nc2c(ncn2C)c(=O)[nH]1. The Morgan fingerprint density at radius 1 is 1.62 bits per heavy atom. The van der Waals surface area contributed by atoms with Crippen molar-refractivity contribution < 1.29 is 0 Å². The number of hydrogen-bond donors (Lipinski definition) is 1. The van der Waals surface area contributed by atoms with Crippen LogP contribution in [0, 0.1) is 0 Å². The number of aromatic nitrogens is 4. The fourth-order valence-corrected chi connectivity index (χ4v) is 1.47. The van der Waals surface area contributed by atoms with E-state index in [4.69, 9.17) is 0 Å². The van der Waals surface area contributed by atoms with E-state index in [-0.39, 0.29) is 5.56 Å². The first-order chi connectivity index (χ1) is 6.22. The second kappa shape index (κ2) is 2.88. The highest BCUT2D eigenvalue weighted by Crippen LogP contribution is 2.09. The molecule has 6 heteroatoms. The summed E-state index contributed by atoms with van der Waals surface area (Å²) in [5.41, 5.74) is 0.823. The lowest BCUT2D eigenvalue weighted by Gasteiger charge is -1.96. The van der Waals surface area contributed by atoms with Crippen LogP contribution in [-0.2, 0) is 7.05 Å². The van der Waals surface area contributed by atoms with E-state index in [0.717, 1.165) is 0 Å². The van der Waals surface area contributed by atoms with E-state index in [1.165, 1.54) is 11.8 Å². The van der Waals surface area contributed by atoms with Crippen LogP contribution in [0.1, 0.15) is 0 Å². The van der Waals surface area contributed by atoms with Crippen molar-refractivity contribution in [1.82, 2.24) is 19.5 Å². The molecule has 0 spiro atoms. The van der Waals surface area contributed by atoms with Crippen molar-refractivity contribution in [2.45, 2.75) is 5.16 Å². The molecule has 0 aliphatic carbocycles. The summed E-state index contributed by atoms with van der Waals surface area (Å²) < 4.78 is 1.73. The topological polar surface area (TPSA) is 63.6 Å². The van der Waals surface area contributed by atoms with Crippen LogP contribution in [0.25, 0.3) is 11.2 Å². The number of aromatic amines is 1. The standard InChI is InChI=1S/C7H8N4OS/c1-11-3-8-4-5(11)9-7(13-2)10-6(4)12/h3H,1-2H3,(H,9,10,12). The third-order valence-electron chi connectivity index (χ3n) is 1.74. The van der Waals surface area contributed by atoms with Gasteiger partial charge in [0.1, 0.15) is 0 Å². The summed E-state index contributed by atoms with van der Waals surface area (Å²) in [6, 6.07) is 0. The summed E-state index contributed by atoms with van der Waals surface area (Å²) in [7, 11) is 1.81. The molecule has 1 N–H and O–H groups in total. The maximum Gasteiger partial charge on any atom is 0.279 e. The molecule has 13 heavy (non-hydrogen) atoms. The minimum absolute atomic E-state index is 0.185. The van der Waals surface area contributed by atoms with Crippen molar-refractivity contribution in [2.24, 2.45) is 7.05 Å². The summed E-state index contributed by atoms with van der Waals surface area (Å²) in [6.45, 7) is 0. The Kier molecular flexibility index (Phi) is 1.84. The highest BCUT2D eigenvalue weighted by molar-refractivity contribution is 7.98. The van der Waals surface area contributed by atoms with Crippen molar-refractivity contribution in [3.05, 3.63) is 16.7 Å². The van der Waals surface area contributed by atoms with Crippen molar-refractivity contribution in [3.8, 4) is 0 Å². The molecule has 5 nitrogen and oxygen atoms in total. The van der Waals surface area contributed by atoms with Gasteiger partial charge in [-0.1, -0.05) is 11.8 Å². The van der Waals surface area contributed by atoms with Crippen LogP contribution in [0.5, 0.6) is 0 Å². The third-order valence-corrected chi connectivity index (χ3v) is 2.32. The van der Waals surface area contributed by atoms with Crippen LogP contribution in [0.4, 0.5) is 0 Å². The predicted octanol–water partition coefficient (Wildman–Crippen LogP) is 0.378. The predicted molar refractivity (Wildman–Crippen MR) is 50.9 cm³/mol. The molecule has 2 aromatic rings. The summed E-state index contributed by atoms with van der Waals surface area (Å²) >= 11 is 1.40. The highest BCUT2D eigenvalue weighted by atomic mass is 32.2. The van der Waals surface area contributed by atoms with Gasteiger partial charge in [0.15, 0.2) is 16.3 Å².